The monoisotopic (exact) mass is 386 g/mol. The first-order valence-electron chi connectivity index (χ1n) is 9.02. The second kappa shape index (κ2) is 6.90. The molecule has 0 aliphatic carbocycles. The Hall–Kier alpha value is -2.51. The zero-order valence-electron chi connectivity index (χ0n) is 15.7. The Morgan fingerprint density at radius 1 is 1.07 bits per heavy atom. The van der Waals surface area contributed by atoms with E-state index in [-0.39, 0.29) is 5.91 Å². The molecule has 142 valence electrons. The predicted molar refractivity (Wildman–Crippen MR) is 107 cm³/mol. The molecule has 1 aromatic heterocycles. The van der Waals surface area contributed by atoms with Gasteiger partial charge in [-0.3, -0.25) is 15.6 Å². The van der Waals surface area contributed by atoms with Crippen molar-refractivity contribution in [1.82, 2.24) is 25.0 Å². The third kappa shape index (κ3) is 3.17. The number of allylic oxidation sites excluding steroid dienone is 1. The van der Waals surface area contributed by atoms with Crippen molar-refractivity contribution >= 4 is 29.0 Å². The molecule has 1 fully saturated rings. The SMILES string of the molecule is CC1=C(C(=O)N2CCN(C)CC2)NNc2c(-c3ccc(Cl)cc3)c(C)nn21. The van der Waals surface area contributed by atoms with Gasteiger partial charge in [0.25, 0.3) is 5.91 Å². The van der Waals surface area contributed by atoms with Crippen LogP contribution < -0.4 is 10.9 Å². The van der Waals surface area contributed by atoms with E-state index >= 15 is 0 Å². The zero-order valence-corrected chi connectivity index (χ0v) is 16.5. The quantitative estimate of drug-likeness (QED) is 0.829. The Bertz CT molecular complexity index is 909. The van der Waals surface area contributed by atoms with Crippen LogP contribution in [0.3, 0.4) is 0 Å². The van der Waals surface area contributed by atoms with Gasteiger partial charge in [0.1, 0.15) is 5.70 Å². The minimum Gasteiger partial charge on any atom is -0.335 e. The van der Waals surface area contributed by atoms with Gasteiger partial charge in [-0.1, -0.05) is 23.7 Å². The summed E-state index contributed by atoms with van der Waals surface area (Å²) in [7, 11) is 2.07. The van der Waals surface area contributed by atoms with Crippen LogP contribution in [-0.2, 0) is 4.79 Å². The first-order chi connectivity index (χ1) is 13.0. The number of carbonyl (C=O) groups excluding carboxylic acids is 1. The van der Waals surface area contributed by atoms with Crippen molar-refractivity contribution in [2.45, 2.75) is 13.8 Å². The van der Waals surface area contributed by atoms with Gasteiger partial charge in [0.05, 0.1) is 11.4 Å². The van der Waals surface area contributed by atoms with Crippen molar-refractivity contribution in [3.63, 3.8) is 0 Å². The number of likely N-dealkylation sites (N-methyl/N-ethyl adjacent to an activating group) is 1. The van der Waals surface area contributed by atoms with E-state index in [9.17, 15) is 4.79 Å². The van der Waals surface area contributed by atoms with E-state index in [1.54, 1.807) is 4.68 Å². The largest absolute Gasteiger partial charge is 0.335 e. The number of aryl methyl sites for hydroxylation is 1. The summed E-state index contributed by atoms with van der Waals surface area (Å²) < 4.78 is 1.80. The number of hydrogen-bond donors (Lipinski definition) is 2. The molecule has 2 aliphatic rings. The number of rotatable bonds is 2. The standard InChI is InChI=1S/C19H23ClN6O/c1-12-16(14-4-6-15(20)7-5-14)18-22-21-17(13(2)26(18)23-12)19(27)25-10-8-24(3)9-11-25/h4-7,21-22H,8-11H2,1-3H3. The topological polar surface area (TPSA) is 65.4 Å². The van der Waals surface area contributed by atoms with Crippen LogP contribution in [0.1, 0.15) is 12.6 Å². The molecule has 2 aliphatic heterocycles. The maximum absolute atomic E-state index is 13.0. The number of nitrogens with zero attached hydrogens (tertiary/aromatic N) is 4. The Balaban J connectivity index is 1.68. The third-order valence-electron chi connectivity index (χ3n) is 5.18. The summed E-state index contributed by atoms with van der Waals surface area (Å²) in [6.07, 6.45) is 0. The van der Waals surface area contributed by atoms with Gasteiger partial charge < -0.3 is 9.80 Å². The molecule has 1 amide bonds. The number of aromatic nitrogens is 2. The van der Waals surface area contributed by atoms with E-state index in [0.29, 0.717) is 10.7 Å². The molecule has 0 spiro atoms. The molecule has 4 rings (SSSR count). The second-order valence-electron chi connectivity index (χ2n) is 7.03. The molecule has 2 N–H and O–H groups in total. The fraction of sp³-hybridized carbons (Fsp3) is 0.368. The number of fused-ring (bicyclic) bond motifs is 1. The van der Waals surface area contributed by atoms with E-state index in [4.69, 9.17) is 11.6 Å². The van der Waals surface area contributed by atoms with Crippen LogP contribution in [0.4, 0.5) is 5.82 Å². The molecule has 2 aromatic rings. The van der Waals surface area contributed by atoms with Crippen molar-refractivity contribution in [1.29, 1.82) is 0 Å². The van der Waals surface area contributed by atoms with Crippen LogP contribution in [0.25, 0.3) is 16.8 Å². The van der Waals surface area contributed by atoms with Crippen LogP contribution in [0, 0.1) is 6.92 Å². The minimum atomic E-state index is -0.0000500. The summed E-state index contributed by atoms with van der Waals surface area (Å²) in [5, 5.41) is 5.36. The highest BCUT2D eigenvalue weighted by Crippen LogP contribution is 2.35. The van der Waals surface area contributed by atoms with E-state index in [0.717, 1.165) is 54.5 Å². The Kier molecular flexibility index (Phi) is 4.57. The van der Waals surface area contributed by atoms with Gasteiger partial charge in [-0.2, -0.15) is 5.10 Å². The van der Waals surface area contributed by atoms with Crippen molar-refractivity contribution in [3.05, 3.63) is 40.7 Å². The van der Waals surface area contributed by atoms with E-state index in [1.807, 2.05) is 43.0 Å². The summed E-state index contributed by atoms with van der Waals surface area (Å²) >= 11 is 6.01. The van der Waals surface area contributed by atoms with Gasteiger partial charge in [-0.05, 0) is 38.6 Å². The van der Waals surface area contributed by atoms with Gasteiger partial charge in [0.15, 0.2) is 5.82 Å². The number of amides is 1. The van der Waals surface area contributed by atoms with Gasteiger partial charge >= 0.3 is 0 Å². The highest BCUT2D eigenvalue weighted by Gasteiger charge is 2.29. The first-order valence-corrected chi connectivity index (χ1v) is 9.40. The average Bonchev–Trinajstić information content (AvgIpc) is 3.00. The van der Waals surface area contributed by atoms with Crippen molar-refractivity contribution in [2.75, 3.05) is 38.7 Å². The Morgan fingerprint density at radius 2 is 1.74 bits per heavy atom. The molecule has 1 aromatic carbocycles. The molecule has 27 heavy (non-hydrogen) atoms. The van der Waals surface area contributed by atoms with E-state index < -0.39 is 0 Å². The normalized spacial score (nSPS) is 17.4. The average molecular weight is 387 g/mol. The first kappa shape index (κ1) is 17.9. The van der Waals surface area contributed by atoms with Gasteiger partial charge in [-0.15, -0.1) is 0 Å². The van der Waals surface area contributed by atoms with Crippen molar-refractivity contribution < 1.29 is 4.79 Å². The second-order valence-corrected chi connectivity index (χ2v) is 7.47. The summed E-state index contributed by atoms with van der Waals surface area (Å²) in [6, 6.07) is 7.67. The molecule has 0 saturated carbocycles. The number of piperazine rings is 1. The molecular formula is C19H23ClN6O. The van der Waals surface area contributed by atoms with Gasteiger partial charge in [-0.25, -0.2) is 4.68 Å². The number of carbonyl (C=O) groups is 1. The van der Waals surface area contributed by atoms with Crippen molar-refractivity contribution in [3.8, 4) is 11.1 Å². The summed E-state index contributed by atoms with van der Waals surface area (Å²) in [6.45, 7) is 7.12. The lowest BCUT2D eigenvalue weighted by molar-refractivity contribution is -0.129. The Labute approximate surface area is 163 Å². The number of anilines is 1. The summed E-state index contributed by atoms with van der Waals surface area (Å²) in [5.41, 5.74) is 10.5. The molecule has 0 bridgehead atoms. The highest BCUT2D eigenvalue weighted by atomic mass is 35.5. The Morgan fingerprint density at radius 3 is 2.41 bits per heavy atom. The maximum atomic E-state index is 13.0. The smallest absolute Gasteiger partial charge is 0.273 e. The predicted octanol–water partition coefficient (Wildman–Crippen LogP) is 2.40. The van der Waals surface area contributed by atoms with Crippen LogP contribution >= 0.6 is 11.6 Å². The number of nitrogens with one attached hydrogen (secondary N) is 2. The lowest BCUT2D eigenvalue weighted by atomic mass is 10.1. The number of benzene rings is 1. The fourth-order valence-electron chi connectivity index (χ4n) is 3.54. The number of halogens is 1. The lowest BCUT2D eigenvalue weighted by Gasteiger charge is -2.34. The minimum absolute atomic E-state index is 0.0000500. The van der Waals surface area contributed by atoms with Crippen LogP contribution in [0.2, 0.25) is 5.02 Å². The summed E-state index contributed by atoms with van der Waals surface area (Å²) in [5.74, 6) is 0.821. The van der Waals surface area contributed by atoms with Crippen molar-refractivity contribution in [2.24, 2.45) is 0 Å². The molecule has 0 radical (unpaired) electrons. The number of hydrogen-bond acceptors (Lipinski definition) is 5. The fourth-order valence-corrected chi connectivity index (χ4v) is 3.67. The maximum Gasteiger partial charge on any atom is 0.273 e. The molecule has 3 heterocycles. The zero-order chi connectivity index (χ0) is 19.1. The lowest BCUT2D eigenvalue weighted by Crippen LogP contribution is -2.50. The van der Waals surface area contributed by atoms with Crippen LogP contribution in [-0.4, -0.2) is 58.7 Å². The van der Waals surface area contributed by atoms with E-state index in [2.05, 4.69) is 27.9 Å². The highest BCUT2D eigenvalue weighted by molar-refractivity contribution is 6.30. The molecule has 7 nitrogen and oxygen atoms in total. The third-order valence-corrected chi connectivity index (χ3v) is 5.44. The molecule has 1 saturated heterocycles. The molecule has 0 unspecified atom stereocenters. The molecule has 0 atom stereocenters. The van der Waals surface area contributed by atoms with Gasteiger partial charge in [0.2, 0.25) is 0 Å². The number of hydrazine groups is 1. The van der Waals surface area contributed by atoms with Crippen LogP contribution in [0.15, 0.2) is 30.0 Å². The van der Waals surface area contributed by atoms with E-state index in [1.165, 1.54) is 0 Å². The van der Waals surface area contributed by atoms with Gasteiger partial charge in [0, 0.05) is 36.8 Å². The molecular weight excluding hydrogens is 364 g/mol. The van der Waals surface area contributed by atoms with Crippen LogP contribution in [0.5, 0.6) is 0 Å². The summed E-state index contributed by atoms with van der Waals surface area (Å²) in [4.78, 5) is 17.1. The molecule has 8 heteroatoms.